The molecule has 2 N–H and O–H groups in total. The van der Waals surface area contributed by atoms with E-state index in [9.17, 15) is 18.0 Å². The Balaban J connectivity index is 1.52. The first-order valence-electron chi connectivity index (χ1n) is 10.2. The predicted octanol–water partition coefficient (Wildman–Crippen LogP) is 3.11. The van der Waals surface area contributed by atoms with Gasteiger partial charge in [0.1, 0.15) is 11.5 Å². The molecule has 0 aliphatic carbocycles. The Kier molecular flexibility index (Phi) is 5.05. The van der Waals surface area contributed by atoms with Gasteiger partial charge in [-0.2, -0.15) is 28.5 Å². The smallest absolute Gasteiger partial charge is 0.320 e. The lowest BCUT2D eigenvalue weighted by molar-refractivity contribution is -0.143. The number of fused-ring (bicyclic) bond motifs is 1. The number of carbonyl (C=O) groups is 1. The zero-order valence-electron chi connectivity index (χ0n) is 18.0. The summed E-state index contributed by atoms with van der Waals surface area (Å²) in [4.78, 5) is 21.5. The molecular formula is C21H18F3N9O. The van der Waals surface area contributed by atoms with Gasteiger partial charge in [-0.1, -0.05) is 6.07 Å². The number of hydrogen-bond acceptors (Lipinski definition) is 7. The van der Waals surface area contributed by atoms with E-state index in [1.807, 2.05) is 0 Å². The van der Waals surface area contributed by atoms with E-state index in [2.05, 4.69) is 30.9 Å². The van der Waals surface area contributed by atoms with Crippen LogP contribution in [-0.2, 0) is 6.18 Å². The van der Waals surface area contributed by atoms with Gasteiger partial charge in [0.05, 0.1) is 29.7 Å². The molecule has 10 nitrogen and oxygen atoms in total. The standard InChI is InChI=1S/C21H18F3N9O/c1-12-10-15(13(2)29-19(12)33-26-6-7-27-33)30-20(34)14-11-28-32(18(14)21(22,23)24)17-5-3-4-16-25-8-9-31(16)17/h3-6,8-11,27H,7H2,1-2H3,(H,30,34). The first-order valence-corrected chi connectivity index (χ1v) is 10.2. The number of carbonyl (C=O) groups excluding carboxylic acids is 1. The zero-order chi connectivity index (χ0) is 24.0. The van der Waals surface area contributed by atoms with Gasteiger partial charge < -0.3 is 5.32 Å². The summed E-state index contributed by atoms with van der Waals surface area (Å²) in [5.41, 5.74) is 3.01. The van der Waals surface area contributed by atoms with Crippen molar-refractivity contribution < 1.29 is 18.0 Å². The molecule has 0 spiro atoms. The van der Waals surface area contributed by atoms with E-state index >= 15 is 0 Å². The van der Waals surface area contributed by atoms with Crippen molar-refractivity contribution in [1.29, 1.82) is 0 Å². The molecule has 0 fully saturated rings. The number of imidazole rings is 1. The molecule has 174 valence electrons. The predicted molar refractivity (Wildman–Crippen MR) is 118 cm³/mol. The van der Waals surface area contributed by atoms with Gasteiger partial charge in [-0.3, -0.25) is 9.20 Å². The number of nitrogens with zero attached hydrogens (tertiary/aromatic N) is 7. The van der Waals surface area contributed by atoms with Crippen molar-refractivity contribution in [2.24, 2.45) is 5.10 Å². The number of hydrazine groups is 1. The van der Waals surface area contributed by atoms with Crippen LogP contribution in [0.2, 0.25) is 0 Å². The van der Waals surface area contributed by atoms with Crippen molar-refractivity contribution in [3.63, 3.8) is 0 Å². The monoisotopic (exact) mass is 469 g/mol. The van der Waals surface area contributed by atoms with E-state index in [0.29, 0.717) is 33.9 Å². The molecule has 1 amide bonds. The summed E-state index contributed by atoms with van der Waals surface area (Å²) >= 11 is 0. The lowest BCUT2D eigenvalue weighted by atomic mass is 10.2. The number of nitrogens with one attached hydrogen (secondary N) is 2. The first-order chi connectivity index (χ1) is 16.2. The Hall–Kier alpha value is -4.26. The third-order valence-electron chi connectivity index (χ3n) is 5.26. The topological polar surface area (TPSA) is 105 Å². The maximum Gasteiger partial charge on any atom is 0.434 e. The largest absolute Gasteiger partial charge is 0.434 e. The van der Waals surface area contributed by atoms with Gasteiger partial charge in [-0.15, -0.1) is 0 Å². The summed E-state index contributed by atoms with van der Waals surface area (Å²) in [5, 5.41) is 12.1. The van der Waals surface area contributed by atoms with Crippen molar-refractivity contribution in [2.45, 2.75) is 20.0 Å². The number of amides is 1. The quantitative estimate of drug-likeness (QED) is 0.476. The number of rotatable bonds is 4. The molecule has 0 radical (unpaired) electrons. The van der Waals surface area contributed by atoms with Crippen molar-refractivity contribution in [3.8, 4) is 5.82 Å². The lowest BCUT2D eigenvalue weighted by Gasteiger charge is -2.18. The number of aryl methyl sites for hydroxylation is 2. The van der Waals surface area contributed by atoms with Crippen LogP contribution in [0.1, 0.15) is 27.3 Å². The number of hydrogen-bond donors (Lipinski definition) is 2. The van der Waals surface area contributed by atoms with Crippen molar-refractivity contribution in [2.75, 3.05) is 17.0 Å². The normalized spacial score (nSPS) is 13.7. The van der Waals surface area contributed by atoms with Crippen molar-refractivity contribution in [3.05, 3.63) is 65.4 Å². The molecule has 0 saturated heterocycles. The van der Waals surface area contributed by atoms with E-state index in [-0.39, 0.29) is 11.5 Å². The Bertz CT molecular complexity index is 1440. The van der Waals surface area contributed by atoms with E-state index in [1.165, 1.54) is 28.0 Å². The van der Waals surface area contributed by atoms with Crippen LogP contribution in [0.25, 0.3) is 11.5 Å². The van der Waals surface area contributed by atoms with Gasteiger partial charge in [-0.25, -0.2) is 20.1 Å². The Labute approximate surface area is 190 Å². The number of hydrazone groups is 1. The van der Waals surface area contributed by atoms with Gasteiger partial charge in [0.2, 0.25) is 0 Å². The second-order valence-electron chi connectivity index (χ2n) is 7.54. The fraction of sp³-hybridized carbons (Fsp3) is 0.190. The Morgan fingerprint density at radius 2 is 2.06 bits per heavy atom. The molecule has 0 aromatic carbocycles. The number of aromatic nitrogens is 5. The average Bonchev–Trinajstić information content (AvgIpc) is 3.55. The molecule has 1 aliphatic rings. The molecule has 0 bridgehead atoms. The minimum absolute atomic E-state index is 0.0955. The summed E-state index contributed by atoms with van der Waals surface area (Å²) in [7, 11) is 0. The molecule has 4 aromatic heterocycles. The van der Waals surface area contributed by atoms with Gasteiger partial charge >= 0.3 is 6.18 Å². The highest BCUT2D eigenvalue weighted by Crippen LogP contribution is 2.34. The van der Waals surface area contributed by atoms with Crippen LogP contribution in [0, 0.1) is 13.8 Å². The van der Waals surface area contributed by atoms with Crippen LogP contribution >= 0.6 is 0 Å². The fourth-order valence-electron chi connectivity index (χ4n) is 3.71. The molecule has 0 unspecified atom stereocenters. The third-order valence-corrected chi connectivity index (χ3v) is 5.26. The van der Waals surface area contributed by atoms with E-state index < -0.39 is 23.3 Å². The third kappa shape index (κ3) is 3.65. The SMILES string of the molecule is Cc1cc(NC(=O)c2cnn(-c3cccc4nccn34)c2C(F)(F)F)c(C)nc1N1N=CCN1. The van der Waals surface area contributed by atoms with Crippen LogP contribution in [0.3, 0.4) is 0 Å². The van der Waals surface area contributed by atoms with Gasteiger partial charge in [0.15, 0.2) is 11.5 Å². The van der Waals surface area contributed by atoms with E-state index in [4.69, 9.17) is 0 Å². The molecule has 0 atom stereocenters. The number of halogens is 3. The molecular weight excluding hydrogens is 451 g/mol. The summed E-state index contributed by atoms with van der Waals surface area (Å²) < 4.78 is 44.5. The minimum Gasteiger partial charge on any atom is -0.320 e. The van der Waals surface area contributed by atoms with E-state index in [0.717, 1.165) is 6.20 Å². The molecule has 13 heteroatoms. The second-order valence-corrected chi connectivity index (χ2v) is 7.54. The van der Waals surface area contributed by atoms with Crippen molar-refractivity contribution >= 4 is 29.3 Å². The van der Waals surface area contributed by atoms with Crippen molar-refractivity contribution in [1.82, 2.24) is 29.6 Å². The maximum absolute atomic E-state index is 14.1. The average molecular weight is 469 g/mol. The van der Waals surface area contributed by atoms with Crippen LogP contribution in [-0.4, -0.2) is 42.8 Å². The molecule has 34 heavy (non-hydrogen) atoms. The number of anilines is 2. The molecule has 4 aromatic rings. The van der Waals surface area contributed by atoms with Gasteiger partial charge in [0.25, 0.3) is 5.91 Å². The summed E-state index contributed by atoms with van der Waals surface area (Å²) in [6, 6.07) is 6.31. The zero-order valence-corrected chi connectivity index (χ0v) is 18.0. The van der Waals surface area contributed by atoms with Crippen LogP contribution in [0.15, 0.2) is 48.0 Å². The Morgan fingerprint density at radius 1 is 1.24 bits per heavy atom. The number of pyridine rings is 2. The minimum atomic E-state index is -4.85. The van der Waals surface area contributed by atoms with Gasteiger partial charge in [0, 0.05) is 18.6 Å². The molecule has 5 rings (SSSR count). The highest BCUT2D eigenvalue weighted by molar-refractivity contribution is 6.05. The molecule has 5 heterocycles. The summed E-state index contributed by atoms with van der Waals surface area (Å²) in [6.45, 7) is 3.96. The fourth-order valence-corrected chi connectivity index (χ4v) is 3.71. The second kappa shape index (κ2) is 7.95. The van der Waals surface area contributed by atoms with Crippen LogP contribution in [0.5, 0.6) is 0 Å². The lowest BCUT2D eigenvalue weighted by Crippen LogP contribution is -2.30. The first kappa shape index (κ1) is 21.6. The molecule has 1 aliphatic heterocycles. The summed E-state index contributed by atoms with van der Waals surface area (Å²) in [5.74, 6) is -0.328. The highest BCUT2D eigenvalue weighted by Gasteiger charge is 2.41. The van der Waals surface area contributed by atoms with Crippen LogP contribution in [0.4, 0.5) is 24.7 Å². The Morgan fingerprint density at radius 3 is 2.79 bits per heavy atom. The highest BCUT2D eigenvalue weighted by atomic mass is 19.4. The molecule has 0 saturated carbocycles. The number of alkyl halides is 3. The van der Waals surface area contributed by atoms with Gasteiger partial charge in [-0.05, 0) is 37.6 Å². The maximum atomic E-state index is 14.1. The van der Waals surface area contributed by atoms with Crippen LogP contribution < -0.4 is 15.9 Å². The van der Waals surface area contributed by atoms with E-state index in [1.54, 1.807) is 38.3 Å². The summed E-state index contributed by atoms with van der Waals surface area (Å²) in [6.07, 6.45) is 0.713.